The van der Waals surface area contributed by atoms with Gasteiger partial charge in [-0.2, -0.15) is 0 Å². The number of furan rings is 1. The number of pyridine rings is 1. The first-order chi connectivity index (χ1) is 20.8. The number of halogens is 1. The predicted molar refractivity (Wildman–Crippen MR) is 162 cm³/mol. The van der Waals surface area contributed by atoms with Crippen molar-refractivity contribution >= 4 is 34.4 Å². The fraction of sp³-hybridized carbons (Fsp3) is 0.206. The predicted octanol–water partition coefficient (Wildman–Crippen LogP) is 7.19. The van der Waals surface area contributed by atoms with Gasteiger partial charge in [-0.25, -0.2) is 14.2 Å². The molecular formula is C34H30FN3O5. The second kappa shape index (κ2) is 12.0. The first kappa shape index (κ1) is 28.0. The summed E-state index contributed by atoms with van der Waals surface area (Å²) >= 11 is 0. The second-order valence-electron chi connectivity index (χ2n) is 10.7. The highest BCUT2D eigenvalue weighted by Gasteiger charge is 2.22. The van der Waals surface area contributed by atoms with E-state index in [1.54, 1.807) is 42.6 Å². The van der Waals surface area contributed by atoms with Crippen molar-refractivity contribution in [3.05, 3.63) is 108 Å². The molecule has 0 spiro atoms. The molecule has 1 amide bonds. The monoisotopic (exact) mass is 579 g/mol. The molecule has 1 aliphatic heterocycles. The van der Waals surface area contributed by atoms with Gasteiger partial charge in [-0.15, -0.1) is 0 Å². The molecule has 2 N–H and O–H groups in total. The minimum Gasteiger partial charge on any atom is -0.493 e. The summed E-state index contributed by atoms with van der Waals surface area (Å²) in [5.41, 5.74) is 3.64. The number of aryl methyl sites for hydroxylation is 1. The molecule has 0 saturated carbocycles. The summed E-state index contributed by atoms with van der Waals surface area (Å²) in [4.78, 5) is 31.1. The maximum absolute atomic E-state index is 13.7. The Kier molecular flexibility index (Phi) is 7.79. The fourth-order valence-electron chi connectivity index (χ4n) is 5.38. The fourth-order valence-corrected chi connectivity index (χ4v) is 5.38. The van der Waals surface area contributed by atoms with Crippen LogP contribution in [0.5, 0.6) is 5.75 Å². The Morgan fingerprint density at radius 1 is 1.02 bits per heavy atom. The molecule has 0 unspecified atom stereocenters. The molecule has 6 rings (SSSR count). The highest BCUT2D eigenvalue weighted by molar-refractivity contribution is 6.06. The molecular weight excluding hydrogens is 549 g/mol. The highest BCUT2D eigenvalue weighted by atomic mass is 19.1. The Morgan fingerprint density at radius 3 is 2.56 bits per heavy atom. The summed E-state index contributed by atoms with van der Waals surface area (Å²) < 4.78 is 25.5. The lowest BCUT2D eigenvalue weighted by Crippen LogP contribution is -2.36. The van der Waals surface area contributed by atoms with Crippen LogP contribution in [0.25, 0.3) is 22.1 Å². The van der Waals surface area contributed by atoms with Crippen LogP contribution in [-0.4, -0.2) is 41.7 Å². The van der Waals surface area contributed by atoms with Crippen LogP contribution in [0, 0.1) is 18.7 Å². The van der Waals surface area contributed by atoms with E-state index >= 15 is 0 Å². The molecule has 9 heteroatoms. The number of hydrogen-bond donors (Lipinski definition) is 2. The van der Waals surface area contributed by atoms with Crippen LogP contribution in [0.15, 0.2) is 89.5 Å². The third kappa shape index (κ3) is 6.21. The summed E-state index contributed by atoms with van der Waals surface area (Å²) in [6.45, 7) is 4.00. The van der Waals surface area contributed by atoms with E-state index in [4.69, 9.17) is 14.3 Å². The topological polar surface area (TPSA) is 105 Å². The number of nitrogens with zero attached hydrogens (tertiary/aromatic N) is 2. The van der Waals surface area contributed by atoms with Crippen LogP contribution in [0.2, 0.25) is 0 Å². The highest BCUT2D eigenvalue weighted by Crippen LogP contribution is 2.31. The lowest BCUT2D eigenvalue weighted by Gasteiger charge is -2.32. The Hall–Kier alpha value is -5.18. The number of rotatable bonds is 8. The number of benzene rings is 3. The smallest absolute Gasteiger partial charge is 0.335 e. The van der Waals surface area contributed by atoms with Gasteiger partial charge in [0.05, 0.1) is 24.1 Å². The zero-order valence-corrected chi connectivity index (χ0v) is 23.5. The SMILES string of the molecule is Cc1c(C(=O)Nc2ccc(N3CCC(COc4cccc(C(=O)O)c4)CC3)nc2)oc2ccc(-c3cccc(F)c3)cc12. The minimum atomic E-state index is -0.973. The van der Waals surface area contributed by atoms with E-state index in [1.807, 2.05) is 37.3 Å². The molecule has 0 aliphatic carbocycles. The maximum Gasteiger partial charge on any atom is 0.335 e. The van der Waals surface area contributed by atoms with E-state index in [-0.39, 0.29) is 23.0 Å². The summed E-state index contributed by atoms with van der Waals surface area (Å²) in [7, 11) is 0. The first-order valence-corrected chi connectivity index (χ1v) is 14.1. The van der Waals surface area contributed by atoms with Crippen molar-refractivity contribution in [2.45, 2.75) is 19.8 Å². The Labute approximate surface area is 247 Å². The minimum absolute atomic E-state index is 0.210. The molecule has 5 aromatic rings. The van der Waals surface area contributed by atoms with Gasteiger partial charge in [0.2, 0.25) is 0 Å². The molecule has 8 nitrogen and oxygen atoms in total. The van der Waals surface area contributed by atoms with Gasteiger partial charge in [-0.1, -0.05) is 24.3 Å². The molecule has 3 aromatic carbocycles. The summed E-state index contributed by atoms with van der Waals surface area (Å²) in [5, 5.41) is 12.8. The molecule has 43 heavy (non-hydrogen) atoms. The van der Waals surface area contributed by atoms with Gasteiger partial charge in [0, 0.05) is 24.0 Å². The van der Waals surface area contributed by atoms with E-state index in [0.29, 0.717) is 35.1 Å². The van der Waals surface area contributed by atoms with Crippen molar-refractivity contribution in [1.29, 1.82) is 0 Å². The summed E-state index contributed by atoms with van der Waals surface area (Å²) in [5.74, 6) is 0.321. The van der Waals surface area contributed by atoms with Crippen LogP contribution in [0.3, 0.4) is 0 Å². The molecule has 1 saturated heterocycles. The average molecular weight is 580 g/mol. The number of anilines is 2. The maximum atomic E-state index is 13.7. The zero-order valence-electron chi connectivity index (χ0n) is 23.5. The number of carboxylic acid groups (broad SMARTS) is 1. The Bertz CT molecular complexity index is 1790. The van der Waals surface area contributed by atoms with Crippen molar-refractivity contribution in [3.8, 4) is 16.9 Å². The van der Waals surface area contributed by atoms with E-state index in [2.05, 4.69) is 15.2 Å². The average Bonchev–Trinajstić information content (AvgIpc) is 3.36. The van der Waals surface area contributed by atoms with Gasteiger partial charge in [-0.3, -0.25) is 4.79 Å². The lowest BCUT2D eigenvalue weighted by molar-refractivity contribution is 0.0696. The number of aromatic nitrogens is 1. The van der Waals surface area contributed by atoms with Crippen molar-refractivity contribution in [1.82, 2.24) is 4.98 Å². The van der Waals surface area contributed by atoms with Crippen molar-refractivity contribution in [2.24, 2.45) is 5.92 Å². The standard InChI is InChI=1S/C34H30FN3O5/c1-21-29-18-24(23-4-2-6-26(35)16-23)8-10-30(29)43-32(21)33(39)37-27-9-11-31(36-19-27)38-14-12-22(13-15-38)20-42-28-7-3-5-25(17-28)34(40)41/h2-11,16-19,22H,12-15,20H2,1H3,(H,37,39)(H,40,41). The molecule has 1 aliphatic rings. The number of carbonyl (C=O) groups excluding carboxylic acids is 1. The Balaban J connectivity index is 1.05. The number of piperidine rings is 1. The van der Waals surface area contributed by atoms with Gasteiger partial charge < -0.3 is 24.5 Å². The third-order valence-corrected chi connectivity index (χ3v) is 7.81. The number of fused-ring (bicyclic) bond motifs is 1. The molecule has 3 heterocycles. The van der Waals surface area contributed by atoms with Crippen molar-refractivity contribution < 1.29 is 28.2 Å². The molecule has 1 fully saturated rings. The summed E-state index contributed by atoms with van der Waals surface area (Å²) in [6.07, 6.45) is 3.48. The summed E-state index contributed by atoms with van der Waals surface area (Å²) in [6, 6.07) is 22.2. The third-order valence-electron chi connectivity index (χ3n) is 7.81. The van der Waals surface area contributed by atoms with E-state index < -0.39 is 5.97 Å². The largest absolute Gasteiger partial charge is 0.493 e. The molecule has 0 atom stereocenters. The zero-order chi connectivity index (χ0) is 29.9. The van der Waals surface area contributed by atoms with Crippen LogP contribution in [-0.2, 0) is 0 Å². The lowest BCUT2D eigenvalue weighted by atomic mass is 9.98. The van der Waals surface area contributed by atoms with Crippen LogP contribution < -0.4 is 15.0 Å². The van der Waals surface area contributed by atoms with E-state index in [9.17, 15) is 14.0 Å². The van der Waals surface area contributed by atoms with Gasteiger partial charge >= 0.3 is 5.97 Å². The van der Waals surface area contributed by atoms with Crippen LogP contribution >= 0.6 is 0 Å². The van der Waals surface area contributed by atoms with Crippen molar-refractivity contribution in [2.75, 3.05) is 29.9 Å². The second-order valence-corrected chi connectivity index (χ2v) is 10.7. The van der Waals surface area contributed by atoms with Gasteiger partial charge in [0.1, 0.15) is 23.0 Å². The molecule has 2 aromatic heterocycles. The van der Waals surface area contributed by atoms with Crippen LogP contribution in [0.4, 0.5) is 15.9 Å². The quantitative estimate of drug-likeness (QED) is 0.200. The van der Waals surface area contributed by atoms with E-state index in [0.717, 1.165) is 48.3 Å². The normalized spacial score (nSPS) is 13.7. The molecule has 0 radical (unpaired) electrons. The number of carbonyl (C=O) groups is 2. The van der Waals surface area contributed by atoms with Crippen molar-refractivity contribution in [3.63, 3.8) is 0 Å². The number of aromatic carboxylic acids is 1. The van der Waals surface area contributed by atoms with Crippen LogP contribution in [0.1, 0.15) is 39.3 Å². The van der Waals surface area contributed by atoms with Gasteiger partial charge in [0.25, 0.3) is 5.91 Å². The van der Waals surface area contributed by atoms with Gasteiger partial charge in [0.15, 0.2) is 5.76 Å². The first-order valence-electron chi connectivity index (χ1n) is 14.1. The number of carboxylic acids is 1. The molecule has 0 bridgehead atoms. The number of nitrogens with one attached hydrogen (secondary N) is 1. The van der Waals surface area contributed by atoms with E-state index in [1.165, 1.54) is 12.1 Å². The molecule has 218 valence electrons. The van der Waals surface area contributed by atoms with Gasteiger partial charge in [-0.05, 0) is 91.4 Å². The number of hydrogen-bond acceptors (Lipinski definition) is 6. The number of amides is 1. The Morgan fingerprint density at radius 2 is 1.81 bits per heavy atom. The number of ether oxygens (including phenoxy) is 1.